The molecule has 11 heavy (non-hydrogen) atoms. The fraction of sp³-hybridized carbons (Fsp3) is 0.889. The molecule has 2 nitrogen and oxygen atoms in total. The van der Waals surface area contributed by atoms with Crippen LogP contribution in [0, 0.1) is 11.8 Å². The first kappa shape index (κ1) is 8.57. The fourth-order valence-corrected chi connectivity index (χ4v) is 1.50. The standard InChI is InChI=1S/C9H16O2/c1-3-4-5-8-7(2)6-11-9(8)10/h7-8H,3-6H2,1-2H3/t7-,8-/m0/s1. The third-order valence-corrected chi connectivity index (χ3v) is 2.35. The van der Waals surface area contributed by atoms with Crippen LogP contribution in [0.4, 0.5) is 0 Å². The predicted octanol–water partition coefficient (Wildman–Crippen LogP) is 1.99. The highest BCUT2D eigenvalue weighted by Crippen LogP contribution is 2.26. The van der Waals surface area contributed by atoms with Crippen LogP contribution in [-0.2, 0) is 9.53 Å². The van der Waals surface area contributed by atoms with Crippen molar-refractivity contribution in [2.45, 2.75) is 33.1 Å². The summed E-state index contributed by atoms with van der Waals surface area (Å²) in [5, 5.41) is 0. The minimum absolute atomic E-state index is 0.0194. The van der Waals surface area contributed by atoms with Crippen molar-refractivity contribution >= 4 is 5.97 Å². The van der Waals surface area contributed by atoms with Gasteiger partial charge in [-0.25, -0.2) is 0 Å². The van der Waals surface area contributed by atoms with Gasteiger partial charge in [-0.2, -0.15) is 0 Å². The maximum absolute atomic E-state index is 11.1. The second-order valence-electron chi connectivity index (χ2n) is 3.36. The van der Waals surface area contributed by atoms with E-state index in [0.29, 0.717) is 12.5 Å². The Bertz CT molecular complexity index is 142. The molecule has 1 saturated heterocycles. The summed E-state index contributed by atoms with van der Waals surface area (Å²) in [5.41, 5.74) is 0. The average Bonchev–Trinajstić information content (AvgIpc) is 2.29. The zero-order chi connectivity index (χ0) is 8.27. The van der Waals surface area contributed by atoms with Crippen LogP contribution in [0.1, 0.15) is 33.1 Å². The van der Waals surface area contributed by atoms with Crippen molar-refractivity contribution in [1.82, 2.24) is 0 Å². The second kappa shape index (κ2) is 3.74. The lowest BCUT2D eigenvalue weighted by Gasteiger charge is -2.07. The van der Waals surface area contributed by atoms with Crippen LogP contribution in [0.3, 0.4) is 0 Å². The Balaban J connectivity index is 2.35. The Morgan fingerprint density at radius 3 is 2.82 bits per heavy atom. The van der Waals surface area contributed by atoms with Crippen LogP contribution in [0.15, 0.2) is 0 Å². The summed E-state index contributed by atoms with van der Waals surface area (Å²) < 4.78 is 4.94. The van der Waals surface area contributed by atoms with Crippen molar-refractivity contribution in [3.8, 4) is 0 Å². The highest BCUT2D eigenvalue weighted by atomic mass is 16.5. The number of cyclic esters (lactones) is 1. The minimum Gasteiger partial charge on any atom is -0.465 e. The molecular formula is C9H16O2. The molecule has 0 aromatic rings. The van der Waals surface area contributed by atoms with Crippen molar-refractivity contribution < 1.29 is 9.53 Å². The number of hydrogen-bond donors (Lipinski definition) is 0. The van der Waals surface area contributed by atoms with Crippen molar-refractivity contribution in [2.24, 2.45) is 11.8 Å². The van der Waals surface area contributed by atoms with E-state index in [4.69, 9.17) is 4.74 Å². The van der Waals surface area contributed by atoms with E-state index in [1.165, 1.54) is 0 Å². The molecule has 0 aliphatic carbocycles. The van der Waals surface area contributed by atoms with Gasteiger partial charge >= 0.3 is 5.97 Å². The van der Waals surface area contributed by atoms with Crippen LogP contribution in [0.25, 0.3) is 0 Å². The van der Waals surface area contributed by atoms with E-state index in [9.17, 15) is 4.79 Å². The third kappa shape index (κ3) is 1.95. The molecule has 1 heterocycles. The Kier molecular flexibility index (Phi) is 2.92. The monoisotopic (exact) mass is 156 g/mol. The van der Waals surface area contributed by atoms with Gasteiger partial charge in [0.15, 0.2) is 0 Å². The van der Waals surface area contributed by atoms with Gasteiger partial charge in [-0.3, -0.25) is 4.79 Å². The summed E-state index contributed by atoms with van der Waals surface area (Å²) in [4.78, 5) is 11.1. The van der Waals surface area contributed by atoms with Crippen molar-refractivity contribution in [2.75, 3.05) is 6.61 Å². The number of unbranched alkanes of at least 4 members (excludes halogenated alkanes) is 1. The molecule has 0 aromatic heterocycles. The molecule has 0 N–H and O–H groups in total. The molecule has 1 rings (SSSR count). The van der Waals surface area contributed by atoms with Gasteiger partial charge in [0.2, 0.25) is 0 Å². The van der Waals surface area contributed by atoms with Gasteiger partial charge in [0.1, 0.15) is 0 Å². The predicted molar refractivity (Wildman–Crippen MR) is 43.1 cm³/mol. The van der Waals surface area contributed by atoms with Gasteiger partial charge in [-0.05, 0) is 6.42 Å². The molecule has 64 valence electrons. The van der Waals surface area contributed by atoms with E-state index in [1.54, 1.807) is 0 Å². The molecule has 0 spiro atoms. The number of ether oxygens (including phenoxy) is 1. The molecule has 0 unspecified atom stereocenters. The molecule has 0 aromatic carbocycles. The topological polar surface area (TPSA) is 26.3 Å². The lowest BCUT2D eigenvalue weighted by Crippen LogP contribution is -2.12. The minimum atomic E-state index is 0.0194. The highest BCUT2D eigenvalue weighted by molar-refractivity contribution is 5.74. The first-order valence-corrected chi connectivity index (χ1v) is 4.42. The van der Waals surface area contributed by atoms with Crippen molar-refractivity contribution in [1.29, 1.82) is 0 Å². The zero-order valence-corrected chi connectivity index (χ0v) is 7.30. The molecule has 0 radical (unpaired) electrons. The van der Waals surface area contributed by atoms with Gasteiger partial charge in [0, 0.05) is 5.92 Å². The molecule has 1 fully saturated rings. The normalized spacial score (nSPS) is 30.5. The van der Waals surface area contributed by atoms with E-state index >= 15 is 0 Å². The van der Waals surface area contributed by atoms with Crippen LogP contribution >= 0.6 is 0 Å². The molecular weight excluding hydrogens is 140 g/mol. The van der Waals surface area contributed by atoms with Gasteiger partial charge in [0.05, 0.1) is 12.5 Å². The van der Waals surface area contributed by atoms with E-state index in [0.717, 1.165) is 19.3 Å². The Labute approximate surface area is 67.9 Å². The van der Waals surface area contributed by atoms with E-state index < -0.39 is 0 Å². The first-order chi connectivity index (χ1) is 5.25. The molecule has 0 saturated carbocycles. The van der Waals surface area contributed by atoms with Crippen molar-refractivity contribution in [3.63, 3.8) is 0 Å². The molecule has 1 aliphatic rings. The van der Waals surface area contributed by atoms with Gasteiger partial charge < -0.3 is 4.74 Å². The van der Waals surface area contributed by atoms with E-state index in [1.807, 2.05) is 0 Å². The number of hydrogen-bond acceptors (Lipinski definition) is 2. The maximum Gasteiger partial charge on any atom is 0.309 e. The first-order valence-electron chi connectivity index (χ1n) is 4.42. The van der Waals surface area contributed by atoms with Crippen LogP contribution in [0.2, 0.25) is 0 Å². The van der Waals surface area contributed by atoms with Gasteiger partial charge in [0.25, 0.3) is 0 Å². The lowest BCUT2D eigenvalue weighted by atomic mass is 9.92. The zero-order valence-electron chi connectivity index (χ0n) is 7.30. The smallest absolute Gasteiger partial charge is 0.309 e. The van der Waals surface area contributed by atoms with Crippen LogP contribution in [-0.4, -0.2) is 12.6 Å². The van der Waals surface area contributed by atoms with E-state index in [-0.39, 0.29) is 11.9 Å². The maximum atomic E-state index is 11.1. The summed E-state index contributed by atoms with van der Waals surface area (Å²) in [5.74, 6) is 0.648. The molecule has 2 heteroatoms. The summed E-state index contributed by atoms with van der Waals surface area (Å²) in [6.07, 6.45) is 3.32. The Hall–Kier alpha value is -0.530. The summed E-state index contributed by atoms with van der Waals surface area (Å²) in [6, 6.07) is 0. The number of rotatable bonds is 3. The van der Waals surface area contributed by atoms with Gasteiger partial charge in [-0.15, -0.1) is 0 Å². The Morgan fingerprint density at radius 2 is 2.36 bits per heavy atom. The number of carbonyl (C=O) groups is 1. The molecule has 1 aliphatic heterocycles. The second-order valence-corrected chi connectivity index (χ2v) is 3.36. The van der Waals surface area contributed by atoms with Crippen molar-refractivity contribution in [3.05, 3.63) is 0 Å². The van der Waals surface area contributed by atoms with E-state index in [2.05, 4.69) is 13.8 Å². The van der Waals surface area contributed by atoms with Crippen LogP contribution in [0.5, 0.6) is 0 Å². The SMILES string of the molecule is CCCC[C@@H]1C(=O)OC[C@@H]1C. The summed E-state index contributed by atoms with van der Waals surface area (Å²) >= 11 is 0. The quantitative estimate of drug-likeness (QED) is 0.584. The lowest BCUT2D eigenvalue weighted by molar-refractivity contribution is -0.141. The van der Waals surface area contributed by atoms with Crippen LogP contribution < -0.4 is 0 Å². The number of esters is 1. The molecule has 0 bridgehead atoms. The number of carbonyl (C=O) groups excluding carboxylic acids is 1. The fourth-order valence-electron chi connectivity index (χ4n) is 1.50. The molecule has 2 atom stereocenters. The largest absolute Gasteiger partial charge is 0.465 e. The molecule has 0 amide bonds. The summed E-state index contributed by atoms with van der Waals surface area (Å²) in [7, 11) is 0. The van der Waals surface area contributed by atoms with Gasteiger partial charge in [-0.1, -0.05) is 26.7 Å². The third-order valence-electron chi connectivity index (χ3n) is 2.35. The average molecular weight is 156 g/mol. The highest BCUT2D eigenvalue weighted by Gasteiger charge is 2.32. The summed E-state index contributed by atoms with van der Waals surface area (Å²) in [6.45, 7) is 4.86. The Morgan fingerprint density at radius 1 is 1.64 bits per heavy atom.